The molecule has 2 unspecified atom stereocenters. The second-order valence-electron chi connectivity index (χ2n) is 19.1. The smallest absolute Gasteiger partial charge is 0.287 e. The van der Waals surface area contributed by atoms with Crippen molar-refractivity contribution in [3.05, 3.63) is 101 Å². The van der Waals surface area contributed by atoms with Gasteiger partial charge in [0.25, 0.3) is 11.8 Å². The van der Waals surface area contributed by atoms with Crippen LogP contribution in [0, 0.1) is 38.5 Å². The number of hydrogen-bond acceptors (Lipinski definition) is 10. The van der Waals surface area contributed by atoms with E-state index in [0.29, 0.717) is 9.75 Å². The molecular formula is C52H78N2O8S2. The van der Waals surface area contributed by atoms with Crippen molar-refractivity contribution in [1.82, 2.24) is 10.1 Å². The standard InChI is InChI=1S/2C26H39NO4S/c2*1-10-26(11-2,22-15-18(4)23(32-22)24(29)27(8)30-9)19-12-13-20(17(3)14-19)31-16-21(28)25(5,6)7/h2*12-15,21,28H,10-11,16H2,1-9H3. The van der Waals surface area contributed by atoms with E-state index in [0.717, 1.165) is 59.4 Å². The van der Waals surface area contributed by atoms with Crippen LogP contribution in [0.2, 0.25) is 0 Å². The first kappa shape index (κ1) is 54.6. The Morgan fingerprint density at radius 1 is 0.562 bits per heavy atom. The minimum atomic E-state index is -0.540. The lowest BCUT2D eigenvalue weighted by atomic mass is 9.74. The van der Waals surface area contributed by atoms with Crippen LogP contribution in [0.5, 0.6) is 11.5 Å². The van der Waals surface area contributed by atoms with Crippen LogP contribution < -0.4 is 9.47 Å². The van der Waals surface area contributed by atoms with E-state index in [1.807, 2.05) is 81.4 Å². The van der Waals surface area contributed by atoms with Gasteiger partial charge in [-0.25, -0.2) is 10.1 Å². The molecule has 2 aromatic carbocycles. The maximum absolute atomic E-state index is 12.7. The summed E-state index contributed by atoms with van der Waals surface area (Å²) in [5, 5.41) is 23.2. The fourth-order valence-corrected chi connectivity index (χ4v) is 10.7. The van der Waals surface area contributed by atoms with Crippen molar-refractivity contribution in [3.8, 4) is 11.5 Å². The van der Waals surface area contributed by atoms with Crippen LogP contribution in [0.3, 0.4) is 0 Å². The minimum absolute atomic E-state index is 0.125. The minimum Gasteiger partial charge on any atom is -0.491 e. The highest BCUT2D eigenvalue weighted by Gasteiger charge is 2.36. The van der Waals surface area contributed by atoms with Crippen LogP contribution in [0.15, 0.2) is 48.5 Å². The molecule has 0 aliphatic heterocycles. The average Bonchev–Trinajstić information content (AvgIpc) is 3.84. The Morgan fingerprint density at radius 3 is 1.12 bits per heavy atom. The number of amides is 2. The molecule has 12 heteroatoms. The molecule has 0 aliphatic rings. The lowest BCUT2D eigenvalue weighted by Crippen LogP contribution is -2.32. The first-order valence-electron chi connectivity index (χ1n) is 22.5. The van der Waals surface area contributed by atoms with Crippen LogP contribution >= 0.6 is 22.7 Å². The number of carbonyl (C=O) groups is 2. The van der Waals surface area contributed by atoms with E-state index in [2.05, 4.69) is 64.1 Å². The molecule has 2 atom stereocenters. The first-order valence-corrected chi connectivity index (χ1v) is 24.2. The molecule has 10 nitrogen and oxygen atoms in total. The van der Waals surface area contributed by atoms with Gasteiger partial charge in [0, 0.05) is 34.7 Å². The van der Waals surface area contributed by atoms with Crippen molar-refractivity contribution in [2.24, 2.45) is 10.8 Å². The highest BCUT2D eigenvalue weighted by Crippen LogP contribution is 2.46. The zero-order valence-corrected chi connectivity index (χ0v) is 43.7. The molecule has 0 aliphatic carbocycles. The summed E-state index contributed by atoms with van der Waals surface area (Å²) in [4.78, 5) is 39.4. The summed E-state index contributed by atoms with van der Waals surface area (Å²) in [6.07, 6.45) is 2.59. The highest BCUT2D eigenvalue weighted by molar-refractivity contribution is 7.14. The summed E-state index contributed by atoms with van der Waals surface area (Å²) >= 11 is 3.11. The Bertz CT molecular complexity index is 2000. The number of aliphatic hydroxyl groups is 2. The van der Waals surface area contributed by atoms with Crippen molar-refractivity contribution in [3.63, 3.8) is 0 Å². The van der Waals surface area contributed by atoms with E-state index < -0.39 is 12.2 Å². The van der Waals surface area contributed by atoms with Gasteiger partial charge in [-0.15, -0.1) is 22.7 Å². The van der Waals surface area contributed by atoms with E-state index in [9.17, 15) is 19.8 Å². The quantitative estimate of drug-likeness (QED) is 0.0948. The maximum Gasteiger partial charge on any atom is 0.287 e. The normalized spacial score (nSPS) is 13.2. The van der Waals surface area contributed by atoms with Crippen LogP contribution in [-0.4, -0.2) is 85.9 Å². The van der Waals surface area contributed by atoms with E-state index >= 15 is 0 Å². The van der Waals surface area contributed by atoms with Crippen molar-refractivity contribution >= 4 is 34.5 Å². The van der Waals surface area contributed by atoms with Gasteiger partial charge in [0.05, 0.1) is 36.2 Å². The Hall–Kier alpha value is -3.78. The monoisotopic (exact) mass is 923 g/mol. The summed E-state index contributed by atoms with van der Waals surface area (Å²) in [7, 11) is 6.26. The number of aryl methyl sites for hydroxylation is 4. The van der Waals surface area contributed by atoms with E-state index in [1.54, 1.807) is 36.8 Å². The molecule has 2 amide bonds. The fourth-order valence-electron chi connectivity index (χ4n) is 7.67. The number of benzene rings is 2. The molecule has 0 saturated heterocycles. The summed E-state index contributed by atoms with van der Waals surface area (Å²) in [5.74, 6) is 1.33. The van der Waals surface area contributed by atoms with Gasteiger partial charge >= 0.3 is 0 Å². The number of ether oxygens (including phenoxy) is 2. The number of nitrogens with zero attached hydrogens (tertiary/aromatic N) is 2. The van der Waals surface area contributed by atoms with Gasteiger partial charge in [-0.3, -0.25) is 19.3 Å². The lowest BCUT2D eigenvalue weighted by molar-refractivity contribution is -0.0754. The van der Waals surface area contributed by atoms with Gasteiger partial charge in [0.2, 0.25) is 0 Å². The molecule has 2 heterocycles. The third kappa shape index (κ3) is 12.4. The number of rotatable bonds is 18. The van der Waals surface area contributed by atoms with E-state index in [-0.39, 0.29) is 46.7 Å². The molecule has 0 bridgehead atoms. The van der Waals surface area contributed by atoms with Crippen molar-refractivity contribution < 1.29 is 39.0 Å². The van der Waals surface area contributed by atoms with Gasteiger partial charge in [-0.05, 0) is 122 Å². The third-order valence-corrected chi connectivity index (χ3v) is 15.8. The Kier molecular flexibility index (Phi) is 19.3. The molecule has 0 radical (unpaired) electrons. The number of thiophene rings is 2. The molecule has 64 heavy (non-hydrogen) atoms. The van der Waals surface area contributed by atoms with Crippen LogP contribution in [-0.2, 0) is 20.5 Å². The summed E-state index contributed by atoms with van der Waals surface area (Å²) < 4.78 is 11.9. The molecular weight excluding hydrogens is 845 g/mol. The topological polar surface area (TPSA) is 118 Å². The SMILES string of the molecule is CCC(CC)(c1ccc(OCC(O)C(C)(C)C)c(C)c1)c1cc(C)c(C(=O)N(C)OC)s1.CCC(CC)(c1ccc(OCC(O)C(C)(C)C)c(C)c1)c1cc(C)c(C(=O)N(C)OC)s1. The molecule has 0 saturated carbocycles. The van der Waals surface area contributed by atoms with Gasteiger partial charge in [-0.2, -0.15) is 0 Å². The van der Waals surface area contributed by atoms with Crippen LogP contribution in [0.25, 0.3) is 0 Å². The van der Waals surface area contributed by atoms with Gasteiger partial charge in [0.15, 0.2) is 0 Å². The molecule has 4 rings (SSSR count). The number of hydrogen-bond donors (Lipinski definition) is 2. The Labute approximate surface area is 392 Å². The Balaban J connectivity index is 0.000000340. The number of carbonyl (C=O) groups excluding carboxylic acids is 2. The molecule has 0 fully saturated rings. The predicted molar refractivity (Wildman–Crippen MR) is 263 cm³/mol. The zero-order valence-electron chi connectivity index (χ0n) is 42.1. The van der Waals surface area contributed by atoms with Gasteiger partial charge < -0.3 is 19.7 Å². The van der Waals surface area contributed by atoms with Gasteiger partial charge in [0.1, 0.15) is 24.7 Å². The van der Waals surface area contributed by atoms with E-state index in [4.69, 9.17) is 19.1 Å². The van der Waals surface area contributed by atoms with Crippen LogP contribution in [0.1, 0.15) is 157 Å². The molecule has 4 aromatic rings. The predicted octanol–water partition coefficient (Wildman–Crippen LogP) is 11.8. The first-order chi connectivity index (χ1) is 29.8. The molecule has 356 valence electrons. The second kappa shape index (κ2) is 22.6. The summed E-state index contributed by atoms with van der Waals surface area (Å²) in [6, 6.07) is 16.9. The van der Waals surface area contributed by atoms with Crippen molar-refractivity contribution in [2.45, 2.75) is 146 Å². The number of aliphatic hydroxyl groups excluding tert-OH is 2. The summed E-state index contributed by atoms with van der Waals surface area (Å²) in [5.41, 5.74) is 5.62. The van der Waals surface area contributed by atoms with Crippen molar-refractivity contribution in [2.75, 3.05) is 41.5 Å². The molecule has 2 aromatic heterocycles. The Morgan fingerprint density at radius 2 is 0.875 bits per heavy atom. The van der Waals surface area contributed by atoms with Crippen LogP contribution in [0.4, 0.5) is 0 Å². The molecule has 0 spiro atoms. The zero-order chi connectivity index (χ0) is 48.5. The second-order valence-corrected chi connectivity index (χ2v) is 21.2. The average molecular weight is 923 g/mol. The summed E-state index contributed by atoms with van der Waals surface area (Å²) in [6.45, 7) is 29.4. The molecule has 2 N–H and O–H groups in total. The third-order valence-electron chi connectivity index (χ3n) is 12.9. The largest absolute Gasteiger partial charge is 0.491 e. The fraction of sp³-hybridized carbons (Fsp3) is 0.577. The lowest BCUT2D eigenvalue weighted by Gasteiger charge is -2.32. The maximum atomic E-state index is 12.7. The highest BCUT2D eigenvalue weighted by atomic mass is 32.1. The van der Waals surface area contributed by atoms with Crippen molar-refractivity contribution in [1.29, 1.82) is 0 Å². The van der Waals surface area contributed by atoms with Gasteiger partial charge in [-0.1, -0.05) is 93.5 Å². The number of hydroxylamine groups is 4. The van der Waals surface area contributed by atoms with E-state index in [1.165, 1.54) is 45.2 Å².